The van der Waals surface area contributed by atoms with Crippen LogP contribution in [0.1, 0.15) is 22.0 Å². The predicted octanol–water partition coefficient (Wildman–Crippen LogP) is 0.811. The molecule has 0 radical (unpaired) electrons. The lowest BCUT2D eigenvalue weighted by atomic mass is 10.3. The van der Waals surface area contributed by atoms with E-state index in [9.17, 15) is 18.0 Å². The lowest BCUT2D eigenvalue weighted by molar-refractivity contribution is -0.141. The van der Waals surface area contributed by atoms with Gasteiger partial charge in [-0.05, 0) is 0 Å². The number of anilines is 1. The molecule has 1 aliphatic rings. The number of amides is 1. The second kappa shape index (κ2) is 4.97. The van der Waals surface area contributed by atoms with Gasteiger partial charge in [0.1, 0.15) is 5.82 Å². The van der Waals surface area contributed by atoms with E-state index in [0.29, 0.717) is 13.1 Å². The molecule has 1 aliphatic heterocycles. The highest BCUT2D eigenvalue weighted by atomic mass is 19.4. The van der Waals surface area contributed by atoms with Crippen LogP contribution in [0.4, 0.5) is 19.0 Å². The van der Waals surface area contributed by atoms with Gasteiger partial charge in [-0.3, -0.25) is 4.79 Å². The maximum absolute atomic E-state index is 12.7. The summed E-state index contributed by atoms with van der Waals surface area (Å²) in [6.45, 7) is 0.766. The van der Waals surface area contributed by atoms with Crippen molar-refractivity contribution in [3.8, 4) is 0 Å². The van der Waals surface area contributed by atoms with E-state index in [1.807, 2.05) is 0 Å². The van der Waals surface area contributed by atoms with E-state index in [1.165, 1.54) is 17.0 Å². The molecule has 2 aromatic rings. The summed E-state index contributed by atoms with van der Waals surface area (Å²) in [5, 5.41) is 0. The third-order valence-corrected chi connectivity index (χ3v) is 3.30. The Kier molecular flexibility index (Phi) is 3.23. The van der Waals surface area contributed by atoms with Crippen molar-refractivity contribution in [2.45, 2.75) is 19.3 Å². The first kappa shape index (κ1) is 14.3. The molecule has 7 nitrogen and oxygen atoms in total. The molecule has 2 N–H and O–H groups in total. The molecule has 0 aliphatic carbocycles. The Labute approximate surface area is 122 Å². The van der Waals surface area contributed by atoms with E-state index in [4.69, 9.17) is 5.73 Å². The van der Waals surface area contributed by atoms with Crippen molar-refractivity contribution in [2.24, 2.45) is 5.73 Å². The second-order valence-electron chi connectivity index (χ2n) is 4.75. The van der Waals surface area contributed by atoms with Gasteiger partial charge in [0.25, 0.3) is 5.91 Å². The van der Waals surface area contributed by atoms with Gasteiger partial charge in [0.15, 0.2) is 17.2 Å². The Hall–Kier alpha value is -2.65. The Balaban J connectivity index is 1.92. The van der Waals surface area contributed by atoms with Gasteiger partial charge in [-0.2, -0.15) is 13.2 Å². The standard InChI is InChI=1S/C12H11F3N6O/c13-12(14,15)7-5-20-3-4-21(6-8(20)19-7)11-9(10(16)22)17-1-2-18-11/h1-2,5H,3-4,6H2,(H2,16,22). The molecule has 0 spiro atoms. The molecule has 0 unspecified atom stereocenters. The van der Waals surface area contributed by atoms with Gasteiger partial charge in [-0.25, -0.2) is 15.0 Å². The number of hydrogen-bond acceptors (Lipinski definition) is 5. The van der Waals surface area contributed by atoms with Crippen LogP contribution in [0.25, 0.3) is 0 Å². The third-order valence-electron chi connectivity index (χ3n) is 3.30. The summed E-state index contributed by atoms with van der Waals surface area (Å²) in [6, 6.07) is 0. The van der Waals surface area contributed by atoms with Crippen LogP contribution in [0.15, 0.2) is 18.6 Å². The zero-order valence-corrected chi connectivity index (χ0v) is 11.2. The molecular weight excluding hydrogens is 301 g/mol. The first-order valence-corrected chi connectivity index (χ1v) is 6.35. The first-order valence-electron chi connectivity index (χ1n) is 6.35. The number of fused-ring (bicyclic) bond motifs is 1. The van der Waals surface area contributed by atoms with E-state index in [-0.39, 0.29) is 23.9 Å². The smallest absolute Gasteiger partial charge is 0.364 e. The highest BCUT2D eigenvalue weighted by Crippen LogP contribution is 2.30. The summed E-state index contributed by atoms with van der Waals surface area (Å²) >= 11 is 0. The van der Waals surface area contributed by atoms with E-state index in [0.717, 1.165) is 6.20 Å². The Morgan fingerprint density at radius 3 is 2.64 bits per heavy atom. The number of alkyl halides is 3. The number of rotatable bonds is 2. The fourth-order valence-electron chi connectivity index (χ4n) is 2.31. The minimum Gasteiger partial charge on any atom is -0.364 e. The highest BCUT2D eigenvalue weighted by molar-refractivity contribution is 5.95. The van der Waals surface area contributed by atoms with Crippen LogP contribution in [0, 0.1) is 0 Å². The van der Waals surface area contributed by atoms with Crippen molar-refractivity contribution in [3.05, 3.63) is 35.8 Å². The number of nitrogens with zero attached hydrogens (tertiary/aromatic N) is 5. The minimum atomic E-state index is -4.49. The van der Waals surface area contributed by atoms with Crippen molar-refractivity contribution >= 4 is 11.7 Å². The summed E-state index contributed by atoms with van der Waals surface area (Å²) in [5.74, 6) is -0.245. The third kappa shape index (κ3) is 2.47. The van der Waals surface area contributed by atoms with E-state index in [1.54, 1.807) is 4.90 Å². The van der Waals surface area contributed by atoms with Crippen LogP contribution >= 0.6 is 0 Å². The van der Waals surface area contributed by atoms with Crippen molar-refractivity contribution < 1.29 is 18.0 Å². The average molecular weight is 312 g/mol. The number of halogens is 3. The van der Waals surface area contributed by atoms with Gasteiger partial charge >= 0.3 is 6.18 Å². The van der Waals surface area contributed by atoms with Crippen molar-refractivity contribution in [3.63, 3.8) is 0 Å². The van der Waals surface area contributed by atoms with Crippen LogP contribution in [-0.2, 0) is 19.3 Å². The van der Waals surface area contributed by atoms with Crippen LogP contribution in [0.5, 0.6) is 0 Å². The molecule has 0 aromatic carbocycles. The molecule has 116 valence electrons. The molecule has 3 rings (SSSR count). The molecule has 0 fully saturated rings. The molecule has 0 saturated carbocycles. The Morgan fingerprint density at radius 1 is 1.23 bits per heavy atom. The number of aromatic nitrogens is 4. The van der Waals surface area contributed by atoms with Gasteiger partial charge in [0.05, 0.1) is 6.54 Å². The molecule has 10 heteroatoms. The molecule has 0 atom stereocenters. The number of nitrogens with two attached hydrogens (primary N) is 1. The van der Waals surface area contributed by atoms with Crippen LogP contribution < -0.4 is 10.6 Å². The van der Waals surface area contributed by atoms with E-state index in [2.05, 4.69) is 15.0 Å². The monoisotopic (exact) mass is 312 g/mol. The van der Waals surface area contributed by atoms with Crippen LogP contribution in [-0.4, -0.2) is 32.0 Å². The largest absolute Gasteiger partial charge is 0.434 e. The maximum atomic E-state index is 12.7. The number of carbonyl (C=O) groups is 1. The molecule has 2 aromatic heterocycles. The Bertz CT molecular complexity index is 726. The van der Waals surface area contributed by atoms with Crippen molar-refractivity contribution in [1.29, 1.82) is 0 Å². The fourth-order valence-corrected chi connectivity index (χ4v) is 2.31. The Morgan fingerprint density at radius 2 is 1.95 bits per heavy atom. The zero-order chi connectivity index (χ0) is 15.9. The normalized spacial score (nSPS) is 14.8. The topological polar surface area (TPSA) is 89.9 Å². The molecule has 0 saturated heterocycles. The fraction of sp³-hybridized carbons (Fsp3) is 0.333. The SMILES string of the molecule is NC(=O)c1nccnc1N1CCn2cc(C(F)(F)F)nc2C1. The zero-order valence-electron chi connectivity index (χ0n) is 11.2. The van der Waals surface area contributed by atoms with Crippen molar-refractivity contribution in [2.75, 3.05) is 11.4 Å². The molecule has 0 bridgehead atoms. The second-order valence-corrected chi connectivity index (χ2v) is 4.75. The maximum Gasteiger partial charge on any atom is 0.434 e. The van der Waals surface area contributed by atoms with Crippen LogP contribution in [0.2, 0.25) is 0 Å². The molecule has 3 heterocycles. The summed E-state index contributed by atoms with van der Waals surface area (Å²) in [7, 11) is 0. The van der Waals surface area contributed by atoms with Crippen molar-refractivity contribution in [1.82, 2.24) is 19.5 Å². The number of hydrogen-bond donors (Lipinski definition) is 1. The molecule has 1 amide bonds. The molecule has 22 heavy (non-hydrogen) atoms. The summed E-state index contributed by atoms with van der Waals surface area (Å²) in [6.07, 6.45) is -0.779. The number of imidazole rings is 1. The van der Waals surface area contributed by atoms with Gasteiger partial charge in [0, 0.05) is 31.7 Å². The summed E-state index contributed by atoms with van der Waals surface area (Å²) in [4.78, 5) is 24.5. The van der Waals surface area contributed by atoms with Crippen LogP contribution in [0.3, 0.4) is 0 Å². The quantitative estimate of drug-likeness (QED) is 0.886. The lowest BCUT2D eigenvalue weighted by Crippen LogP contribution is -2.36. The highest BCUT2D eigenvalue weighted by Gasteiger charge is 2.36. The molecular formula is C12H11F3N6O. The minimum absolute atomic E-state index is 0.0152. The van der Waals surface area contributed by atoms with Gasteiger partial charge in [-0.15, -0.1) is 0 Å². The predicted molar refractivity (Wildman–Crippen MR) is 68.8 cm³/mol. The van der Waals surface area contributed by atoms with Gasteiger partial charge < -0.3 is 15.2 Å². The van der Waals surface area contributed by atoms with E-state index < -0.39 is 17.8 Å². The number of carbonyl (C=O) groups excluding carboxylic acids is 1. The van der Waals surface area contributed by atoms with E-state index >= 15 is 0 Å². The first-order chi connectivity index (χ1) is 10.4. The lowest BCUT2D eigenvalue weighted by Gasteiger charge is -2.29. The average Bonchev–Trinajstić information content (AvgIpc) is 2.90. The van der Waals surface area contributed by atoms with Gasteiger partial charge in [-0.1, -0.05) is 0 Å². The summed E-state index contributed by atoms with van der Waals surface area (Å²) in [5.41, 5.74) is 4.29. The van der Waals surface area contributed by atoms with Gasteiger partial charge in [0.2, 0.25) is 0 Å². The summed E-state index contributed by atoms with van der Waals surface area (Å²) < 4.78 is 39.5. The number of primary amides is 1.